The number of aromatic hydroxyl groups is 1. The van der Waals surface area contributed by atoms with Gasteiger partial charge in [0.05, 0.1) is 5.39 Å². The highest BCUT2D eigenvalue weighted by Crippen LogP contribution is 2.38. The minimum absolute atomic E-state index is 0.0747. The zero-order valence-electron chi connectivity index (χ0n) is 27.0. The summed E-state index contributed by atoms with van der Waals surface area (Å²) in [5.41, 5.74) is 1.01. The van der Waals surface area contributed by atoms with Crippen molar-refractivity contribution in [2.24, 2.45) is 0 Å². The molecule has 0 radical (unpaired) electrons. The Morgan fingerprint density at radius 2 is 1.43 bits per heavy atom. The lowest BCUT2D eigenvalue weighted by molar-refractivity contribution is -0.193. The van der Waals surface area contributed by atoms with E-state index in [-0.39, 0.29) is 17.0 Å². The number of halogens is 7. The predicted molar refractivity (Wildman–Crippen MR) is 171 cm³/mol. The summed E-state index contributed by atoms with van der Waals surface area (Å²) in [6.45, 7) is 3.29. The van der Waals surface area contributed by atoms with Crippen molar-refractivity contribution in [3.8, 4) is 17.0 Å². The third-order valence-corrected chi connectivity index (χ3v) is 8.63. The maximum absolute atomic E-state index is 16.4. The van der Waals surface area contributed by atoms with Crippen molar-refractivity contribution in [3.63, 3.8) is 0 Å². The number of nitrogens with zero attached hydrogens (tertiary/aromatic N) is 6. The molecule has 2 bridgehead atoms. The average Bonchev–Trinajstić information content (AvgIpc) is 3.36. The highest BCUT2D eigenvalue weighted by atomic mass is 19.4. The molecule has 51 heavy (non-hydrogen) atoms. The molecule has 4 aromatic rings. The normalized spacial score (nSPS) is 18.9. The SMILES string of the molecule is CN(C)C1CN(c2nc(N3C[C@H]4CC[C@@H](C3)N4)c3cnc(-c4cc(O)cc5ccccc45)c(F)c3n2)C1.O=C(O)C(F)(F)F.O=C(O)C(F)(F)F. The van der Waals surface area contributed by atoms with Gasteiger partial charge in [0.15, 0.2) is 5.82 Å². The smallest absolute Gasteiger partial charge is 0.490 e. The number of fused-ring (bicyclic) bond motifs is 4. The molecule has 2 aromatic carbocycles. The van der Waals surface area contributed by atoms with Gasteiger partial charge < -0.3 is 35.3 Å². The van der Waals surface area contributed by atoms with Crippen LogP contribution in [-0.2, 0) is 9.59 Å². The van der Waals surface area contributed by atoms with E-state index in [2.05, 4.69) is 39.1 Å². The molecule has 2 aromatic heterocycles. The summed E-state index contributed by atoms with van der Waals surface area (Å²) in [6.07, 6.45) is -6.17. The van der Waals surface area contributed by atoms with Crippen LogP contribution in [0, 0.1) is 5.82 Å². The second-order valence-corrected chi connectivity index (χ2v) is 12.4. The number of anilines is 2. The van der Waals surface area contributed by atoms with Gasteiger partial charge in [-0.1, -0.05) is 24.3 Å². The van der Waals surface area contributed by atoms with Crippen molar-refractivity contribution in [3.05, 3.63) is 48.4 Å². The Hall–Kier alpha value is -5.04. The minimum atomic E-state index is -5.08. The number of likely N-dealkylation sites (N-methyl/N-ethyl adjacent to an activating group) is 1. The van der Waals surface area contributed by atoms with E-state index in [1.807, 2.05) is 24.3 Å². The van der Waals surface area contributed by atoms with Crippen molar-refractivity contribution >= 4 is 45.4 Å². The molecule has 3 fully saturated rings. The van der Waals surface area contributed by atoms with Crippen molar-refractivity contribution < 1.29 is 55.6 Å². The number of hydrogen-bond acceptors (Lipinski definition) is 10. The number of phenolic OH excluding ortho intramolecular Hbond substituents is 1. The van der Waals surface area contributed by atoms with Crippen LogP contribution in [0.1, 0.15) is 12.8 Å². The lowest BCUT2D eigenvalue weighted by Gasteiger charge is -2.43. The molecule has 3 saturated heterocycles. The molecule has 7 rings (SSSR count). The van der Waals surface area contributed by atoms with E-state index in [0.29, 0.717) is 35.0 Å². The Morgan fingerprint density at radius 1 is 0.863 bits per heavy atom. The first-order valence-electron chi connectivity index (χ1n) is 15.4. The fraction of sp³-hybridized carbons (Fsp3) is 0.406. The van der Waals surface area contributed by atoms with Crippen LogP contribution in [0.2, 0.25) is 0 Å². The van der Waals surface area contributed by atoms with Crippen LogP contribution in [0.5, 0.6) is 5.75 Å². The third kappa shape index (κ3) is 8.30. The summed E-state index contributed by atoms with van der Waals surface area (Å²) in [6, 6.07) is 12.2. The first kappa shape index (κ1) is 37.2. The quantitative estimate of drug-likeness (QED) is 0.217. The molecule has 0 spiro atoms. The summed E-state index contributed by atoms with van der Waals surface area (Å²) in [7, 11) is 4.14. The highest BCUT2D eigenvalue weighted by Gasteiger charge is 2.39. The molecule has 0 unspecified atom stereocenters. The predicted octanol–water partition coefficient (Wildman–Crippen LogP) is 4.65. The third-order valence-electron chi connectivity index (χ3n) is 8.63. The van der Waals surface area contributed by atoms with Gasteiger partial charge in [0.1, 0.15) is 22.8 Å². The highest BCUT2D eigenvalue weighted by molar-refractivity contribution is 6.00. The fourth-order valence-corrected chi connectivity index (χ4v) is 6.01. The van der Waals surface area contributed by atoms with Gasteiger partial charge in [0, 0.05) is 56.1 Å². The van der Waals surface area contributed by atoms with Gasteiger partial charge in [-0.25, -0.2) is 19.0 Å². The number of carboxylic acid groups (broad SMARTS) is 2. The zero-order chi connectivity index (χ0) is 37.4. The molecular weight excluding hydrogens is 695 g/mol. The number of rotatable bonds is 4. The summed E-state index contributed by atoms with van der Waals surface area (Å²) in [5, 5.41) is 30.6. The Bertz CT molecular complexity index is 1900. The Labute approximate surface area is 285 Å². The number of carbonyl (C=O) groups is 2. The largest absolute Gasteiger partial charge is 0.508 e. The molecule has 0 aliphatic carbocycles. The van der Waals surface area contributed by atoms with Crippen LogP contribution in [0.15, 0.2) is 42.6 Å². The van der Waals surface area contributed by atoms with Crippen LogP contribution in [0.25, 0.3) is 32.9 Å². The van der Waals surface area contributed by atoms with Crippen LogP contribution < -0.4 is 15.1 Å². The van der Waals surface area contributed by atoms with Gasteiger partial charge >= 0.3 is 24.3 Å². The number of hydrogen-bond donors (Lipinski definition) is 4. The van der Waals surface area contributed by atoms with E-state index in [4.69, 9.17) is 29.8 Å². The first-order chi connectivity index (χ1) is 23.8. The number of carboxylic acids is 2. The molecule has 3 aliphatic heterocycles. The molecule has 2 atom stereocenters. The average molecular weight is 728 g/mol. The summed E-state index contributed by atoms with van der Waals surface area (Å²) >= 11 is 0. The maximum atomic E-state index is 16.4. The van der Waals surface area contributed by atoms with Gasteiger partial charge in [0.2, 0.25) is 5.95 Å². The van der Waals surface area contributed by atoms with Crippen LogP contribution in [0.3, 0.4) is 0 Å². The monoisotopic (exact) mass is 727 g/mol. The number of aromatic nitrogens is 3. The van der Waals surface area contributed by atoms with E-state index >= 15 is 4.39 Å². The number of piperazine rings is 1. The van der Waals surface area contributed by atoms with E-state index < -0.39 is 30.1 Å². The van der Waals surface area contributed by atoms with Gasteiger partial charge in [-0.15, -0.1) is 0 Å². The molecule has 4 N–H and O–H groups in total. The van der Waals surface area contributed by atoms with Crippen molar-refractivity contribution in [2.45, 2.75) is 43.3 Å². The van der Waals surface area contributed by atoms with Gasteiger partial charge in [-0.3, -0.25) is 4.98 Å². The number of nitrogens with one attached hydrogen (secondary N) is 1. The standard InChI is InChI=1S/C28H30FN7O.2C2HF3O2/c1-34(2)19-14-36(15-19)28-32-26-23(27(33-28)35-12-17-7-8-18(13-35)31-17)11-30-25(24(26)29)22-10-20(37)9-16-5-3-4-6-21(16)22;2*3-2(4,5)1(6)7/h3-6,9-11,17-19,31,37H,7-8,12-15H2,1-2H3;2*(H,6,7)/t17-,18+;;. The zero-order valence-corrected chi connectivity index (χ0v) is 27.0. The number of aliphatic carboxylic acids is 2. The summed E-state index contributed by atoms with van der Waals surface area (Å²) in [5.74, 6) is -4.61. The molecule has 0 amide bonds. The molecule has 3 aliphatic rings. The number of pyridine rings is 1. The second kappa shape index (κ2) is 14.3. The maximum Gasteiger partial charge on any atom is 0.490 e. The lowest BCUT2D eigenvalue weighted by Crippen LogP contribution is -2.58. The van der Waals surface area contributed by atoms with Gasteiger partial charge in [-0.2, -0.15) is 31.3 Å². The number of alkyl halides is 6. The summed E-state index contributed by atoms with van der Waals surface area (Å²) < 4.78 is 79.9. The topological polar surface area (TPSA) is 155 Å². The van der Waals surface area contributed by atoms with Gasteiger partial charge in [0.25, 0.3) is 0 Å². The van der Waals surface area contributed by atoms with Crippen molar-refractivity contribution in [2.75, 3.05) is 50.1 Å². The molecule has 12 nitrogen and oxygen atoms in total. The molecule has 274 valence electrons. The minimum Gasteiger partial charge on any atom is -0.508 e. The van der Waals surface area contributed by atoms with Crippen LogP contribution in [-0.4, -0.2) is 118 Å². The Morgan fingerprint density at radius 3 is 1.98 bits per heavy atom. The van der Waals surface area contributed by atoms with E-state index in [0.717, 1.165) is 55.6 Å². The van der Waals surface area contributed by atoms with E-state index in [1.165, 1.54) is 0 Å². The van der Waals surface area contributed by atoms with Crippen LogP contribution >= 0.6 is 0 Å². The summed E-state index contributed by atoms with van der Waals surface area (Å²) in [4.78, 5) is 38.7. The van der Waals surface area contributed by atoms with Crippen molar-refractivity contribution in [1.29, 1.82) is 0 Å². The number of phenols is 1. The van der Waals surface area contributed by atoms with E-state index in [9.17, 15) is 31.4 Å². The van der Waals surface area contributed by atoms with Gasteiger partial charge in [-0.05, 0) is 49.8 Å². The van der Waals surface area contributed by atoms with E-state index in [1.54, 1.807) is 18.3 Å². The number of benzene rings is 2. The Balaban J connectivity index is 0.000000307. The second-order valence-electron chi connectivity index (χ2n) is 12.4. The van der Waals surface area contributed by atoms with Crippen molar-refractivity contribution in [1.82, 2.24) is 25.2 Å². The first-order valence-corrected chi connectivity index (χ1v) is 15.4. The fourth-order valence-electron chi connectivity index (χ4n) is 6.01. The Kier molecular flexibility index (Phi) is 10.4. The molecular formula is C32H32F7N7O5. The molecule has 0 saturated carbocycles. The molecule has 5 heterocycles. The molecule has 19 heteroatoms. The van der Waals surface area contributed by atoms with Crippen LogP contribution in [0.4, 0.5) is 42.5 Å². The lowest BCUT2D eigenvalue weighted by atomic mass is 10.00.